The number of alkyl halides is 6. The zero-order valence-electron chi connectivity index (χ0n) is 21.2. The van der Waals surface area contributed by atoms with Gasteiger partial charge in [-0.2, -0.15) is 26.3 Å². The summed E-state index contributed by atoms with van der Waals surface area (Å²) in [6.45, 7) is -1.44. The lowest BCUT2D eigenvalue weighted by atomic mass is 10.1. The van der Waals surface area contributed by atoms with Gasteiger partial charge in [-0.1, -0.05) is 11.3 Å². The monoisotopic (exact) mass is 582 g/mol. The predicted octanol–water partition coefficient (Wildman–Crippen LogP) is 5.60. The first-order valence-electron chi connectivity index (χ1n) is 12.2. The molecule has 0 spiro atoms. The number of anilines is 1. The number of imidazole rings is 1. The van der Waals surface area contributed by atoms with Crippen LogP contribution in [-0.4, -0.2) is 56.0 Å². The standard InChI is InChI=1S/C26H21F7N6O2/c1-15-10-37(14-34-15)21-5-2-16(9-23(21)41-13-26(31,32)33)19-11-39(36-35-19)22-6-3-17-8-18(27)4-7-20(17)38(24(22)40)12-25(28,29)30/h2,4-5,7-11,14,22H,3,6,12-13H2,1H3/t22-/m1/s1. The molecule has 8 nitrogen and oxygen atoms in total. The molecular formula is C26H21F7N6O2. The first-order valence-corrected chi connectivity index (χ1v) is 12.2. The van der Waals surface area contributed by atoms with Gasteiger partial charge in [0.15, 0.2) is 6.61 Å². The molecule has 2 aromatic carbocycles. The molecule has 3 heterocycles. The van der Waals surface area contributed by atoms with Gasteiger partial charge in [0.25, 0.3) is 5.91 Å². The summed E-state index contributed by atoms with van der Waals surface area (Å²) in [5, 5.41) is 7.96. The Labute approximate surface area is 228 Å². The second-order valence-corrected chi connectivity index (χ2v) is 9.46. The number of carbonyl (C=O) groups excluding carboxylic acids is 1. The van der Waals surface area contributed by atoms with Crippen LogP contribution in [0, 0.1) is 12.7 Å². The Hall–Kier alpha value is -4.43. The molecule has 1 atom stereocenters. The lowest BCUT2D eigenvalue weighted by molar-refractivity contribution is -0.153. The topological polar surface area (TPSA) is 78.1 Å². The number of halogens is 7. The van der Waals surface area contributed by atoms with E-state index in [-0.39, 0.29) is 46.8 Å². The molecule has 0 aliphatic carbocycles. The number of amides is 1. The Kier molecular flexibility index (Phi) is 7.21. The second kappa shape index (κ2) is 10.5. The number of nitrogens with zero attached hydrogens (tertiary/aromatic N) is 6. The third-order valence-electron chi connectivity index (χ3n) is 6.37. The molecule has 216 valence electrons. The van der Waals surface area contributed by atoms with E-state index in [0.29, 0.717) is 10.6 Å². The number of rotatable bonds is 6. The lowest BCUT2D eigenvalue weighted by Crippen LogP contribution is -2.42. The van der Waals surface area contributed by atoms with Crippen molar-refractivity contribution in [3.8, 4) is 22.7 Å². The average molecular weight is 582 g/mol. The minimum Gasteiger partial charge on any atom is -0.482 e. The first kappa shape index (κ1) is 28.1. The fourth-order valence-electron chi connectivity index (χ4n) is 4.60. The minimum atomic E-state index is -4.73. The SMILES string of the molecule is Cc1cn(-c2ccc(-c3cn([C@@H]4CCc5cc(F)ccc5N(CC(F)(F)F)C4=O)nn3)cc2OCC(F)(F)F)cn1. The van der Waals surface area contributed by atoms with Crippen LogP contribution in [0.25, 0.3) is 16.9 Å². The second-order valence-electron chi connectivity index (χ2n) is 9.46. The van der Waals surface area contributed by atoms with Crippen LogP contribution in [0.2, 0.25) is 0 Å². The van der Waals surface area contributed by atoms with Gasteiger partial charge >= 0.3 is 12.4 Å². The first-order chi connectivity index (χ1) is 19.3. The van der Waals surface area contributed by atoms with Crippen molar-refractivity contribution < 1.29 is 40.3 Å². The maximum absolute atomic E-state index is 13.9. The molecule has 4 aromatic rings. The number of aryl methyl sites for hydroxylation is 2. The fraction of sp³-hybridized carbons (Fsp3) is 0.308. The maximum atomic E-state index is 13.9. The quantitative estimate of drug-likeness (QED) is 0.277. The van der Waals surface area contributed by atoms with E-state index < -0.39 is 43.3 Å². The molecule has 1 aliphatic rings. The normalized spacial score (nSPS) is 16.0. The molecule has 5 rings (SSSR count). The Bertz CT molecular complexity index is 1580. The molecule has 15 heteroatoms. The van der Waals surface area contributed by atoms with E-state index in [2.05, 4.69) is 15.3 Å². The zero-order valence-corrected chi connectivity index (χ0v) is 21.2. The molecule has 0 N–H and O–H groups in total. The van der Waals surface area contributed by atoms with Gasteiger partial charge in [-0.05, 0) is 55.7 Å². The van der Waals surface area contributed by atoms with Crippen molar-refractivity contribution in [2.45, 2.75) is 38.2 Å². The highest BCUT2D eigenvalue weighted by Crippen LogP contribution is 2.35. The van der Waals surface area contributed by atoms with Crippen molar-refractivity contribution in [2.24, 2.45) is 0 Å². The Morgan fingerprint density at radius 1 is 1.00 bits per heavy atom. The van der Waals surface area contributed by atoms with Gasteiger partial charge in [0.1, 0.15) is 29.8 Å². The van der Waals surface area contributed by atoms with Crippen molar-refractivity contribution in [1.82, 2.24) is 24.5 Å². The van der Waals surface area contributed by atoms with E-state index >= 15 is 0 Å². The number of fused-ring (bicyclic) bond motifs is 1. The smallest absolute Gasteiger partial charge is 0.422 e. The highest BCUT2D eigenvalue weighted by atomic mass is 19.4. The summed E-state index contributed by atoms with van der Waals surface area (Å²) in [5.74, 6) is -1.70. The summed E-state index contributed by atoms with van der Waals surface area (Å²) < 4.78 is 101. The molecule has 0 fully saturated rings. The molecule has 1 aliphatic heterocycles. The van der Waals surface area contributed by atoms with Crippen molar-refractivity contribution in [3.05, 3.63) is 72.2 Å². The van der Waals surface area contributed by atoms with Crippen LogP contribution in [0.5, 0.6) is 5.75 Å². The Morgan fingerprint density at radius 2 is 1.76 bits per heavy atom. The zero-order chi connectivity index (χ0) is 29.5. The van der Waals surface area contributed by atoms with E-state index in [1.807, 2.05) is 0 Å². The van der Waals surface area contributed by atoms with Crippen molar-refractivity contribution in [1.29, 1.82) is 0 Å². The molecule has 1 amide bonds. The van der Waals surface area contributed by atoms with E-state index in [9.17, 15) is 35.5 Å². The third-order valence-corrected chi connectivity index (χ3v) is 6.37. The van der Waals surface area contributed by atoms with Crippen molar-refractivity contribution in [2.75, 3.05) is 18.1 Å². The van der Waals surface area contributed by atoms with E-state index in [4.69, 9.17) is 4.74 Å². The Balaban J connectivity index is 1.48. The van der Waals surface area contributed by atoms with E-state index in [1.165, 1.54) is 29.2 Å². The van der Waals surface area contributed by atoms with Crippen LogP contribution in [0.4, 0.5) is 36.4 Å². The Morgan fingerprint density at radius 3 is 2.44 bits per heavy atom. The predicted molar refractivity (Wildman–Crippen MR) is 131 cm³/mol. The van der Waals surface area contributed by atoms with Gasteiger partial charge in [0.05, 0.1) is 23.9 Å². The van der Waals surface area contributed by atoms with Crippen LogP contribution < -0.4 is 9.64 Å². The molecule has 0 radical (unpaired) electrons. The maximum Gasteiger partial charge on any atom is 0.422 e. The summed E-state index contributed by atoms with van der Waals surface area (Å²) in [7, 11) is 0. The van der Waals surface area contributed by atoms with Gasteiger partial charge in [0.2, 0.25) is 0 Å². The summed E-state index contributed by atoms with van der Waals surface area (Å²) in [6, 6.07) is 6.35. The van der Waals surface area contributed by atoms with Crippen molar-refractivity contribution >= 4 is 11.6 Å². The van der Waals surface area contributed by atoms with Crippen LogP contribution in [0.15, 0.2) is 55.1 Å². The van der Waals surface area contributed by atoms with Gasteiger partial charge in [-0.3, -0.25) is 4.79 Å². The van der Waals surface area contributed by atoms with Crippen LogP contribution in [0.1, 0.15) is 23.7 Å². The third kappa shape index (κ3) is 6.33. The van der Waals surface area contributed by atoms with E-state index in [0.717, 1.165) is 22.9 Å². The minimum absolute atomic E-state index is 0.00526. The summed E-state index contributed by atoms with van der Waals surface area (Å²) in [5.41, 5.74) is 1.51. The summed E-state index contributed by atoms with van der Waals surface area (Å²) >= 11 is 0. The highest BCUT2D eigenvalue weighted by molar-refractivity contribution is 5.97. The summed E-state index contributed by atoms with van der Waals surface area (Å²) in [6.07, 6.45) is -4.92. The number of hydrogen-bond donors (Lipinski definition) is 0. The number of carbonyl (C=O) groups is 1. The van der Waals surface area contributed by atoms with Gasteiger partial charge in [-0.25, -0.2) is 14.1 Å². The molecule has 41 heavy (non-hydrogen) atoms. The lowest BCUT2D eigenvalue weighted by Gasteiger charge is -2.26. The molecule has 0 bridgehead atoms. The molecule has 0 unspecified atom stereocenters. The van der Waals surface area contributed by atoms with Gasteiger partial charge < -0.3 is 14.2 Å². The average Bonchev–Trinajstić information content (AvgIpc) is 3.52. The molecule has 2 aromatic heterocycles. The fourth-order valence-corrected chi connectivity index (χ4v) is 4.60. The molecule has 0 saturated carbocycles. The van der Waals surface area contributed by atoms with Crippen LogP contribution in [0.3, 0.4) is 0 Å². The largest absolute Gasteiger partial charge is 0.482 e. The highest BCUT2D eigenvalue weighted by Gasteiger charge is 2.39. The number of benzene rings is 2. The summed E-state index contributed by atoms with van der Waals surface area (Å²) in [4.78, 5) is 18.0. The van der Waals surface area contributed by atoms with Crippen LogP contribution >= 0.6 is 0 Å². The van der Waals surface area contributed by atoms with Crippen LogP contribution in [-0.2, 0) is 11.2 Å². The van der Waals surface area contributed by atoms with E-state index in [1.54, 1.807) is 19.2 Å². The number of ether oxygens (including phenoxy) is 1. The number of hydrogen-bond acceptors (Lipinski definition) is 5. The molecule has 0 saturated heterocycles. The van der Waals surface area contributed by atoms with Gasteiger partial charge in [-0.15, -0.1) is 5.10 Å². The van der Waals surface area contributed by atoms with Crippen molar-refractivity contribution in [3.63, 3.8) is 0 Å². The molecular weight excluding hydrogens is 561 g/mol. The van der Waals surface area contributed by atoms with Gasteiger partial charge in [0, 0.05) is 17.4 Å². The number of aromatic nitrogens is 5.